The molecule has 1 aliphatic rings. The normalized spacial score (nSPS) is 19.3. The highest BCUT2D eigenvalue weighted by molar-refractivity contribution is 7.87. The second-order valence-electron chi connectivity index (χ2n) is 3.95. The number of hydrogen-bond acceptors (Lipinski definition) is 3. The van der Waals surface area contributed by atoms with Gasteiger partial charge in [-0.1, -0.05) is 19.3 Å². The van der Waals surface area contributed by atoms with E-state index >= 15 is 0 Å². The summed E-state index contributed by atoms with van der Waals surface area (Å²) in [4.78, 5) is 0. The zero-order valence-corrected chi connectivity index (χ0v) is 10.1. The molecule has 1 rings (SSSR count). The van der Waals surface area contributed by atoms with Gasteiger partial charge < -0.3 is 5.32 Å². The lowest BCUT2D eigenvalue weighted by atomic mass is 9.96. The molecule has 0 aromatic carbocycles. The molecule has 6 heteroatoms. The predicted octanol–water partition coefficient (Wildman–Crippen LogP) is -0.0375. The van der Waals surface area contributed by atoms with E-state index in [4.69, 9.17) is 0 Å². The first kappa shape index (κ1) is 12.9. The van der Waals surface area contributed by atoms with Crippen LogP contribution in [0.2, 0.25) is 0 Å². The number of hydrogen-bond donors (Lipinski definition) is 3. The molecule has 1 saturated carbocycles. The molecule has 0 aromatic heterocycles. The fourth-order valence-electron chi connectivity index (χ4n) is 1.79. The van der Waals surface area contributed by atoms with Crippen LogP contribution >= 0.6 is 0 Å². The maximum Gasteiger partial charge on any atom is 0.277 e. The van der Waals surface area contributed by atoms with E-state index in [2.05, 4.69) is 14.8 Å². The average molecular weight is 235 g/mol. The molecule has 0 aromatic rings. The zero-order valence-electron chi connectivity index (χ0n) is 9.25. The third-order valence-electron chi connectivity index (χ3n) is 2.59. The van der Waals surface area contributed by atoms with Gasteiger partial charge in [-0.15, -0.1) is 0 Å². The van der Waals surface area contributed by atoms with Crippen molar-refractivity contribution < 1.29 is 8.42 Å². The van der Waals surface area contributed by atoms with E-state index in [0.717, 1.165) is 25.7 Å². The summed E-state index contributed by atoms with van der Waals surface area (Å²) in [5, 5.41) is 2.89. The van der Waals surface area contributed by atoms with Crippen molar-refractivity contribution in [2.75, 3.05) is 20.1 Å². The molecule has 5 nitrogen and oxygen atoms in total. The zero-order chi connectivity index (χ0) is 11.1. The molecule has 0 amide bonds. The largest absolute Gasteiger partial charge is 0.318 e. The van der Waals surface area contributed by atoms with Gasteiger partial charge in [0, 0.05) is 19.1 Å². The van der Waals surface area contributed by atoms with Crippen molar-refractivity contribution in [3.05, 3.63) is 0 Å². The van der Waals surface area contributed by atoms with Gasteiger partial charge in [0.15, 0.2) is 0 Å². The highest BCUT2D eigenvalue weighted by Crippen LogP contribution is 2.17. The minimum atomic E-state index is -3.29. The van der Waals surface area contributed by atoms with E-state index in [-0.39, 0.29) is 6.04 Å². The van der Waals surface area contributed by atoms with Gasteiger partial charge in [-0.25, -0.2) is 4.72 Å². The van der Waals surface area contributed by atoms with Crippen LogP contribution in [-0.2, 0) is 10.2 Å². The van der Waals surface area contributed by atoms with Crippen molar-refractivity contribution in [3.8, 4) is 0 Å². The van der Waals surface area contributed by atoms with E-state index in [9.17, 15) is 8.42 Å². The Morgan fingerprint density at radius 1 is 1.13 bits per heavy atom. The van der Waals surface area contributed by atoms with Crippen LogP contribution in [-0.4, -0.2) is 34.6 Å². The lowest BCUT2D eigenvalue weighted by Crippen LogP contribution is -2.45. The van der Waals surface area contributed by atoms with Crippen LogP contribution in [0.3, 0.4) is 0 Å². The standard InChI is InChI=1S/C9H21N3O2S/c1-10-7-8-11-15(13,14)12-9-5-3-2-4-6-9/h9-12H,2-8H2,1H3. The summed E-state index contributed by atoms with van der Waals surface area (Å²) in [7, 11) is -1.50. The monoisotopic (exact) mass is 235 g/mol. The number of likely N-dealkylation sites (N-methyl/N-ethyl adjacent to an activating group) is 1. The molecule has 0 spiro atoms. The molecule has 1 aliphatic carbocycles. The van der Waals surface area contributed by atoms with Gasteiger partial charge >= 0.3 is 0 Å². The maximum atomic E-state index is 11.5. The average Bonchev–Trinajstić information content (AvgIpc) is 2.18. The molecule has 0 aliphatic heterocycles. The van der Waals surface area contributed by atoms with Gasteiger partial charge in [-0.05, 0) is 19.9 Å². The highest BCUT2D eigenvalue weighted by Gasteiger charge is 2.19. The topological polar surface area (TPSA) is 70.2 Å². The fourth-order valence-corrected chi connectivity index (χ4v) is 2.92. The molecule has 0 saturated heterocycles. The molecular weight excluding hydrogens is 214 g/mol. The van der Waals surface area contributed by atoms with Crippen molar-refractivity contribution in [1.82, 2.24) is 14.8 Å². The predicted molar refractivity (Wildman–Crippen MR) is 60.9 cm³/mol. The van der Waals surface area contributed by atoms with Crippen LogP contribution in [0.25, 0.3) is 0 Å². The minimum absolute atomic E-state index is 0.130. The first-order valence-electron chi connectivity index (χ1n) is 5.55. The highest BCUT2D eigenvalue weighted by atomic mass is 32.2. The van der Waals surface area contributed by atoms with Crippen molar-refractivity contribution in [2.45, 2.75) is 38.1 Å². The first-order valence-corrected chi connectivity index (χ1v) is 7.04. The second-order valence-corrected chi connectivity index (χ2v) is 5.49. The van der Waals surface area contributed by atoms with Crippen molar-refractivity contribution >= 4 is 10.2 Å². The molecule has 0 atom stereocenters. The van der Waals surface area contributed by atoms with E-state index in [0.29, 0.717) is 13.1 Å². The molecule has 0 radical (unpaired) electrons. The van der Waals surface area contributed by atoms with E-state index in [1.54, 1.807) is 7.05 Å². The summed E-state index contributed by atoms with van der Waals surface area (Å²) in [5.41, 5.74) is 0. The smallest absolute Gasteiger partial charge is 0.277 e. The van der Waals surface area contributed by atoms with Gasteiger partial charge in [0.1, 0.15) is 0 Å². The lowest BCUT2D eigenvalue weighted by molar-refractivity contribution is 0.410. The third-order valence-corrected chi connectivity index (χ3v) is 3.82. The van der Waals surface area contributed by atoms with Crippen LogP contribution in [0, 0.1) is 0 Å². The van der Waals surface area contributed by atoms with E-state index in [1.165, 1.54) is 6.42 Å². The van der Waals surface area contributed by atoms with Gasteiger partial charge in [-0.3, -0.25) is 0 Å². The van der Waals surface area contributed by atoms with Gasteiger partial charge in [0.05, 0.1) is 0 Å². The number of nitrogens with one attached hydrogen (secondary N) is 3. The Morgan fingerprint density at radius 2 is 1.80 bits per heavy atom. The molecule has 0 bridgehead atoms. The van der Waals surface area contributed by atoms with E-state index in [1.807, 2.05) is 0 Å². The molecule has 0 heterocycles. The van der Waals surface area contributed by atoms with Gasteiger partial charge in [0.25, 0.3) is 10.2 Å². The summed E-state index contributed by atoms with van der Waals surface area (Å²) in [6, 6.07) is 0.130. The van der Waals surface area contributed by atoms with Crippen LogP contribution in [0.15, 0.2) is 0 Å². The first-order chi connectivity index (χ1) is 7.14. The van der Waals surface area contributed by atoms with Crippen LogP contribution in [0.4, 0.5) is 0 Å². The van der Waals surface area contributed by atoms with Gasteiger partial charge in [-0.2, -0.15) is 13.1 Å². The molecular formula is C9H21N3O2S. The molecule has 90 valence electrons. The Labute approximate surface area is 92.2 Å². The van der Waals surface area contributed by atoms with Crippen LogP contribution in [0.1, 0.15) is 32.1 Å². The summed E-state index contributed by atoms with van der Waals surface area (Å²) >= 11 is 0. The van der Waals surface area contributed by atoms with Crippen LogP contribution < -0.4 is 14.8 Å². The third kappa shape index (κ3) is 5.46. The van der Waals surface area contributed by atoms with Crippen LogP contribution in [0.5, 0.6) is 0 Å². The Kier molecular flexibility index (Phi) is 5.52. The fraction of sp³-hybridized carbons (Fsp3) is 1.00. The molecule has 0 unspecified atom stereocenters. The van der Waals surface area contributed by atoms with Gasteiger partial charge in [0.2, 0.25) is 0 Å². The summed E-state index contributed by atoms with van der Waals surface area (Å²) < 4.78 is 28.2. The lowest BCUT2D eigenvalue weighted by Gasteiger charge is -2.22. The molecule has 15 heavy (non-hydrogen) atoms. The molecule has 3 N–H and O–H groups in total. The second kappa shape index (κ2) is 6.42. The Morgan fingerprint density at radius 3 is 2.40 bits per heavy atom. The Bertz CT molecular complexity index is 261. The van der Waals surface area contributed by atoms with Crippen molar-refractivity contribution in [2.24, 2.45) is 0 Å². The van der Waals surface area contributed by atoms with Crippen molar-refractivity contribution in [3.63, 3.8) is 0 Å². The summed E-state index contributed by atoms with van der Waals surface area (Å²) in [6.07, 6.45) is 5.42. The number of rotatable bonds is 6. The minimum Gasteiger partial charge on any atom is -0.318 e. The van der Waals surface area contributed by atoms with E-state index < -0.39 is 10.2 Å². The van der Waals surface area contributed by atoms with Crippen molar-refractivity contribution in [1.29, 1.82) is 0 Å². The molecule has 1 fully saturated rings. The Hall–Kier alpha value is -0.170. The summed E-state index contributed by atoms with van der Waals surface area (Å²) in [6.45, 7) is 1.07. The summed E-state index contributed by atoms with van der Waals surface area (Å²) in [5.74, 6) is 0. The Balaban J connectivity index is 2.27. The SMILES string of the molecule is CNCCNS(=O)(=O)NC1CCCCC1. The maximum absolute atomic E-state index is 11.5. The quantitative estimate of drug-likeness (QED) is 0.566.